The molecule has 3 heterocycles. The number of alkyl halides is 5. The van der Waals surface area contributed by atoms with E-state index in [4.69, 9.17) is 4.98 Å². The monoisotopic (exact) mass is 608 g/mol. The Labute approximate surface area is 243 Å². The van der Waals surface area contributed by atoms with Crippen LogP contribution in [0.2, 0.25) is 0 Å². The van der Waals surface area contributed by atoms with Gasteiger partial charge >= 0.3 is 6.18 Å². The number of nitrogens with zero attached hydrogens (tertiary/aromatic N) is 6. The Kier molecular flexibility index (Phi) is 7.84. The molecule has 0 bridgehead atoms. The van der Waals surface area contributed by atoms with E-state index >= 15 is 0 Å². The first-order valence-electron chi connectivity index (χ1n) is 14.7. The Morgan fingerprint density at radius 1 is 1.00 bits per heavy atom. The third-order valence-electron chi connectivity index (χ3n) is 8.55. The second kappa shape index (κ2) is 11.5. The SMILES string of the molecule is O=C(CCC(F)(F)F)NC(c1cnn2cc([C@@H](NC(=O)c3ncnn3CC3CC3)C3CCC(F)(F)CC3)nc2c1)C1CC1. The van der Waals surface area contributed by atoms with Crippen molar-refractivity contribution in [3.8, 4) is 0 Å². The second-order valence-corrected chi connectivity index (χ2v) is 12.1. The van der Waals surface area contributed by atoms with Crippen LogP contribution in [-0.2, 0) is 11.3 Å². The fourth-order valence-electron chi connectivity index (χ4n) is 5.79. The highest BCUT2D eigenvalue weighted by Crippen LogP contribution is 2.43. The molecule has 0 aromatic carbocycles. The summed E-state index contributed by atoms with van der Waals surface area (Å²) in [5.41, 5.74) is 1.46. The van der Waals surface area contributed by atoms with Crippen LogP contribution in [0.4, 0.5) is 22.0 Å². The van der Waals surface area contributed by atoms with Crippen molar-refractivity contribution >= 4 is 17.5 Å². The Balaban J connectivity index is 1.24. The minimum absolute atomic E-state index is 0.0810. The molecule has 2 atom stereocenters. The molecule has 43 heavy (non-hydrogen) atoms. The molecule has 0 saturated heterocycles. The molecule has 3 saturated carbocycles. The minimum Gasteiger partial charge on any atom is -0.349 e. The number of hydrogen-bond acceptors (Lipinski definition) is 6. The third kappa shape index (κ3) is 7.29. The number of amides is 2. The van der Waals surface area contributed by atoms with E-state index < -0.39 is 48.8 Å². The number of aromatic nitrogens is 6. The van der Waals surface area contributed by atoms with Crippen LogP contribution in [0.1, 0.15) is 98.2 Å². The zero-order chi connectivity index (χ0) is 30.4. The normalized spacial score (nSPS) is 20.6. The summed E-state index contributed by atoms with van der Waals surface area (Å²) in [6.07, 6.45) is 1.77. The predicted molar refractivity (Wildman–Crippen MR) is 142 cm³/mol. The van der Waals surface area contributed by atoms with Crippen LogP contribution < -0.4 is 10.6 Å². The van der Waals surface area contributed by atoms with Crippen molar-refractivity contribution in [1.29, 1.82) is 0 Å². The van der Waals surface area contributed by atoms with Crippen LogP contribution in [0.25, 0.3) is 5.65 Å². The molecule has 15 heteroatoms. The number of carbonyl (C=O) groups is 2. The first-order valence-corrected chi connectivity index (χ1v) is 14.7. The van der Waals surface area contributed by atoms with Crippen LogP contribution in [0.5, 0.6) is 0 Å². The van der Waals surface area contributed by atoms with Crippen LogP contribution in [-0.4, -0.2) is 53.3 Å². The summed E-state index contributed by atoms with van der Waals surface area (Å²) in [4.78, 5) is 34.6. The first kappa shape index (κ1) is 29.4. The van der Waals surface area contributed by atoms with E-state index in [1.165, 1.54) is 10.8 Å². The Hall–Kier alpha value is -3.65. The average Bonchev–Trinajstić information content (AvgIpc) is 3.87. The summed E-state index contributed by atoms with van der Waals surface area (Å²) in [6, 6.07) is 0.511. The molecule has 10 nitrogen and oxygen atoms in total. The standard InChI is InChI=1S/C28H33F5N8O2/c29-27(30)8-5-18(6-9-27)24(39-26(43)25-34-15-36-41(25)13-16-1-2-16)20-14-40-21(37-20)11-19(12-35-40)23(17-3-4-17)38-22(42)7-10-28(31,32)33/h11-12,14-18,23-24H,1-10,13H2,(H,38,42)(H,39,43)/t23?,24-/m0/s1. The molecular formula is C28H33F5N8O2. The molecular weight excluding hydrogens is 575 g/mol. The number of hydrogen-bond donors (Lipinski definition) is 2. The topological polar surface area (TPSA) is 119 Å². The molecule has 6 rings (SSSR count). The van der Waals surface area contributed by atoms with Gasteiger partial charge in [0.05, 0.1) is 36.6 Å². The van der Waals surface area contributed by atoms with Gasteiger partial charge in [0.1, 0.15) is 6.33 Å². The number of halogens is 5. The van der Waals surface area contributed by atoms with Crippen LogP contribution in [0.3, 0.4) is 0 Å². The molecule has 0 aliphatic heterocycles. The lowest BCUT2D eigenvalue weighted by Crippen LogP contribution is -2.38. The van der Waals surface area contributed by atoms with E-state index in [1.807, 2.05) is 0 Å². The number of imidazole rings is 1. The average molecular weight is 609 g/mol. The van der Waals surface area contributed by atoms with E-state index in [9.17, 15) is 31.5 Å². The van der Waals surface area contributed by atoms with E-state index in [-0.39, 0.29) is 43.3 Å². The van der Waals surface area contributed by atoms with Crippen molar-refractivity contribution in [1.82, 2.24) is 40.0 Å². The van der Waals surface area contributed by atoms with Gasteiger partial charge in [0, 0.05) is 25.8 Å². The maximum atomic E-state index is 14.0. The third-order valence-corrected chi connectivity index (χ3v) is 8.55. The maximum Gasteiger partial charge on any atom is 0.389 e. The van der Waals surface area contributed by atoms with Crippen molar-refractivity contribution < 1.29 is 31.5 Å². The van der Waals surface area contributed by atoms with Crippen molar-refractivity contribution in [3.05, 3.63) is 41.9 Å². The van der Waals surface area contributed by atoms with E-state index in [2.05, 4.69) is 25.8 Å². The lowest BCUT2D eigenvalue weighted by Gasteiger charge is -2.33. The molecule has 0 radical (unpaired) electrons. The largest absolute Gasteiger partial charge is 0.389 e. The molecule has 2 amide bonds. The van der Waals surface area contributed by atoms with Gasteiger partial charge in [-0.25, -0.2) is 27.9 Å². The number of nitrogens with one attached hydrogen (secondary N) is 2. The highest BCUT2D eigenvalue weighted by molar-refractivity contribution is 5.90. The molecule has 2 N–H and O–H groups in total. The van der Waals surface area contributed by atoms with Gasteiger partial charge in [0.25, 0.3) is 5.91 Å². The summed E-state index contributed by atoms with van der Waals surface area (Å²) in [5, 5.41) is 14.3. The van der Waals surface area contributed by atoms with Crippen LogP contribution in [0.15, 0.2) is 24.8 Å². The van der Waals surface area contributed by atoms with Gasteiger partial charge in [0.15, 0.2) is 5.65 Å². The van der Waals surface area contributed by atoms with Gasteiger partial charge < -0.3 is 10.6 Å². The van der Waals surface area contributed by atoms with Gasteiger partial charge in [-0.1, -0.05) is 0 Å². The van der Waals surface area contributed by atoms with E-state index in [1.54, 1.807) is 23.1 Å². The zero-order valence-electron chi connectivity index (χ0n) is 23.4. The highest BCUT2D eigenvalue weighted by atomic mass is 19.4. The first-order chi connectivity index (χ1) is 20.4. The molecule has 3 aliphatic carbocycles. The van der Waals surface area contributed by atoms with E-state index in [0.717, 1.165) is 25.7 Å². The van der Waals surface area contributed by atoms with Crippen LogP contribution in [0, 0.1) is 17.8 Å². The Morgan fingerprint density at radius 3 is 2.40 bits per heavy atom. The smallest absolute Gasteiger partial charge is 0.349 e. The van der Waals surface area contributed by atoms with Crippen LogP contribution >= 0.6 is 0 Å². The predicted octanol–water partition coefficient (Wildman–Crippen LogP) is 4.94. The number of carbonyl (C=O) groups excluding carboxylic acids is 2. The van der Waals surface area contributed by atoms with Gasteiger partial charge in [-0.3, -0.25) is 9.59 Å². The van der Waals surface area contributed by atoms with Crippen molar-refractivity contribution in [3.63, 3.8) is 0 Å². The van der Waals surface area contributed by atoms with Gasteiger partial charge in [-0.15, -0.1) is 0 Å². The van der Waals surface area contributed by atoms with Gasteiger partial charge in [-0.2, -0.15) is 23.4 Å². The number of rotatable bonds is 11. The Morgan fingerprint density at radius 2 is 1.72 bits per heavy atom. The zero-order valence-corrected chi connectivity index (χ0v) is 23.4. The molecule has 3 aliphatic rings. The lowest BCUT2D eigenvalue weighted by molar-refractivity contribution is -0.144. The molecule has 1 unspecified atom stereocenters. The minimum atomic E-state index is -4.42. The van der Waals surface area contributed by atoms with E-state index in [0.29, 0.717) is 29.4 Å². The summed E-state index contributed by atoms with van der Waals surface area (Å²) >= 11 is 0. The fourth-order valence-corrected chi connectivity index (χ4v) is 5.79. The number of fused-ring (bicyclic) bond motifs is 1. The van der Waals surface area contributed by atoms with Crippen molar-refractivity contribution in [2.24, 2.45) is 17.8 Å². The summed E-state index contributed by atoms with van der Waals surface area (Å²) in [6.45, 7) is 0.582. The molecule has 0 spiro atoms. The summed E-state index contributed by atoms with van der Waals surface area (Å²) in [5.74, 6) is -3.54. The maximum absolute atomic E-state index is 14.0. The molecule has 232 valence electrons. The molecule has 3 aromatic heterocycles. The summed E-state index contributed by atoms with van der Waals surface area (Å²) in [7, 11) is 0. The molecule has 3 aromatic rings. The lowest BCUT2D eigenvalue weighted by atomic mass is 9.81. The second-order valence-electron chi connectivity index (χ2n) is 12.1. The Bertz CT molecular complexity index is 1470. The molecule has 3 fully saturated rings. The van der Waals surface area contributed by atoms with Crippen molar-refractivity contribution in [2.75, 3.05) is 0 Å². The fraction of sp³-hybridized carbons (Fsp3) is 0.643. The highest BCUT2D eigenvalue weighted by Gasteiger charge is 2.40. The van der Waals surface area contributed by atoms with Gasteiger partial charge in [-0.05, 0) is 67.9 Å². The quantitative estimate of drug-likeness (QED) is 0.298. The van der Waals surface area contributed by atoms with Gasteiger partial charge in [0.2, 0.25) is 17.7 Å². The summed E-state index contributed by atoms with van der Waals surface area (Å²) < 4.78 is 69.0. The van der Waals surface area contributed by atoms with Crippen molar-refractivity contribution in [2.45, 2.75) is 94.9 Å².